The Balaban J connectivity index is 1.41. The van der Waals surface area contributed by atoms with Crippen LogP contribution in [0, 0.1) is 13.8 Å². The summed E-state index contributed by atoms with van der Waals surface area (Å²) < 4.78 is 4.07. The van der Waals surface area contributed by atoms with Gasteiger partial charge in [0, 0.05) is 46.5 Å². The number of aryl methyl sites for hydroxylation is 1. The number of hydrogen-bond acceptors (Lipinski definition) is 7. The third-order valence-corrected chi connectivity index (χ3v) is 7.22. The Morgan fingerprint density at radius 1 is 1.06 bits per heavy atom. The van der Waals surface area contributed by atoms with Gasteiger partial charge in [-0.3, -0.25) is 18.9 Å². The number of carbonyl (C=O) groups is 1. The topological polar surface area (TPSA) is 78.5 Å². The first-order chi connectivity index (χ1) is 16.6. The molecule has 170 valence electrons. The summed E-state index contributed by atoms with van der Waals surface area (Å²) in [5.41, 5.74) is 4.62. The van der Waals surface area contributed by atoms with Crippen LogP contribution in [0.3, 0.4) is 0 Å². The van der Waals surface area contributed by atoms with Gasteiger partial charge in [0.15, 0.2) is 21.9 Å². The molecule has 0 spiro atoms. The number of benzene rings is 1. The average Bonchev–Trinajstić information content (AvgIpc) is 3.58. The van der Waals surface area contributed by atoms with Crippen molar-refractivity contribution in [1.82, 2.24) is 29.3 Å². The van der Waals surface area contributed by atoms with Crippen LogP contribution in [-0.4, -0.2) is 40.8 Å². The Hall–Kier alpha value is -3.56. The van der Waals surface area contributed by atoms with Crippen molar-refractivity contribution < 1.29 is 4.79 Å². The van der Waals surface area contributed by atoms with Crippen LogP contribution in [-0.2, 0) is 6.54 Å². The number of thiazole rings is 1. The molecule has 4 heterocycles. The number of aromatic nitrogens is 6. The minimum Gasteiger partial charge on any atom is -0.297 e. The summed E-state index contributed by atoms with van der Waals surface area (Å²) in [7, 11) is 0. The van der Waals surface area contributed by atoms with Gasteiger partial charge < -0.3 is 0 Å². The molecule has 1 aromatic carbocycles. The van der Waals surface area contributed by atoms with Gasteiger partial charge >= 0.3 is 0 Å². The number of pyridine rings is 1. The summed E-state index contributed by atoms with van der Waals surface area (Å²) in [5.74, 6) is 1.05. The zero-order valence-corrected chi connectivity index (χ0v) is 20.4. The van der Waals surface area contributed by atoms with Crippen LogP contribution < -0.4 is 0 Å². The second-order valence-corrected chi connectivity index (χ2v) is 9.58. The molecule has 34 heavy (non-hydrogen) atoms. The average molecular weight is 487 g/mol. The normalized spacial score (nSPS) is 11.1. The van der Waals surface area contributed by atoms with Crippen molar-refractivity contribution >= 4 is 28.9 Å². The van der Waals surface area contributed by atoms with Gasteiger partial charge in [0.05, 0.1) is 12.3 Å². The van der Waals surface area contributed by atoms with Gasteiger partial charge in [-0.15, -0.1) is 21.5 Å². The quantitative estimate of drug-likeness (QED) is 0.221. The minimum absolute atomic E-state index is 0.0538. The number of carbonyl (C=O) groups excluding carboxylic acids is 1. The molecule has 0 N–H and O–H groups in total. The van der Waals surface area contributed by atoms with Crippen molar-refractivity contribution in [1.29, 1.82) is 0 Å². The smallest absolute Gasteiger partial charge is 0.193 e. The number of ketones is 1. The molecule has 5 rings (SSSR count). The lowest BCUT2D eigenvalue weighted by atomic mass is 10.2. The molecule has 0 fully saturated rings. The summed E-state index contributed by atoms with van der Waals surface area (Å²) in [6.07, 6.45) is 5.28. The second-order valence-electron chi connectivity index (χ2n) is 7.77. The molecule has 0 bridgehead atoms. The zero-order valence-electron chi connectivity index (χ0n) is 18.8. The van der Waals surface area contributed by atoms with Crippen LogP contribution in [0.4, 0.5) is 0 Å². The lowest BCUT2D eigenvalue weighted by Crippen LogP contribution is -2.08. The molecule has 0 atom stereocenters. The monoisotopic (exact) mass is 486 g/mol. The van der Waals surface area contributed by atoms with Crippen LogP contribution in [0.5, 0.6) is 0 Å². The molecule has 5 aromatic rings. The Morgan fingerprint density at radius 3 is 2.65 bits per heavy atom. The van der Waals surface area contributed by atoms with E-state index in [1.54, 1.807) is 29.9 Å². The molecule has 0 aliphatic heterocycles. The third-order valence-electron chi connectivity index (χ3n) is 5.49. The van der Waals surface area contributed by atoms with E-state index in [0.29, 0.717) is 17.3 Å². The lowest BCUT2D eigenvalue weighted by molar-refractivity contribution is 0.102. The summed E-state index contributed by atoms with van der Waals surface area (Å²) in [5, 5.41) is 12.4. The highest BCUT2D eigenvalue weighted by molar-refractivity contribution is 7.99. The highest BCUT2D eigenvalue weighted by Crippen LogP contribution is 2.27. The molecular formula is C25H22N6OS2. The molecular weight excluding hydrogens is 464 g/mol. The number of nitrogens with zero attached hydrogens (tertiary/aromatic N) is 6. The molecule has 0 unspecified atom stereocenters. The van der Waals surface area contributed by atoms with E-state index >= 15 is 0 Å². The van der Waals surface area contributed by atoms with Gasteiger partial charge in [-0.25, -0.2) is 4.98 Å². The van der Waals surface area contributed by atoms with Crippen LogP contribution >= 0.6 is 23.1 Å². The van der Waals surface area contributed by atoms with E-state index in [2.05, 4.69) is 32.3 Å². The fourth-order valence-electron chi connectivity index (χ4n) is 3.89. The van der Waals surface area contributed by atoms with Gasteiger partial charge in [-0.2, -0.15) is 0 Å². The van der Waals surface area contributed by atoms with E-state index < -0.39 is 0 Å². The first-order valence-electron chi connectivity index (χ1n) is 10.7. The molecule has 0 saturated carbocycles. The number of rotatable bonds is 8. The molecule has 0 amide bonds. The summed E-state index contributed by atoms with van der Waals surface area (Å²) in [6, 6.07) is 15.9. The lowest BCUT2D eigenvalue weighted by Gasteiger charge is -2.10. The molecule has 0 aliphatic carbocycles. The van der Waals surface area contributed by atoms with E-state index in [0.717, 1.165) is 33.5 Å². The van der Waals surface area contributed by atoms with Gasteiger partial charge in [-0.1, -0.05) is 42.1 Å². The molecule has 0 radical (unpaired) electrons. The zero-order chi connectivity index (χ0) is 23.5. The maximum absolute atomic E-state index is 13.2. The molecule has 9 heteroatoms. The van der Waals surface area contributed by atoms with Crippen LogP contribution in [0.1, 0.15) is 27.3 Å². The van der Waals surface area contributed by atoms with Crippen molar-refractivity contribution in [2.24, 2.45) is 0 Å². The van der Waals surface area contributed by atoms with Crippen molar-refractivity contribution in [3.63, 3.8) is 0 Å². The fraction of sp³-hybridized carbons (Fsp3) is 0.160. The predicted octanol–water partition coefficient (Wildman–Crippen LogP) is 5.23. The van der Waals surface area contributed by atoms with Crippen LogP contribution in [0.2, 0.25) is 0 Å². The van der Waals surface area contributed by atoms with E-state index in [1.165, 1.54) is 11.8 Å². The van der Waals surface area contributed by atoms with Crippen molar-refractivity contribution in [3.05, 3.63) is 95.0 Å². The van der Waals surface area contributed by atoms with Gasteiger partial charge in [0.25, 0.3) is 0 Å². The van der Waals surface area contributed by atoms with Gasteiger partial charge in [-0.05, 0) is 37.6 Å². The Labute approximate surface area is 205 Å². The van der Waals surface area contributed by atoms with E-state index in [-0.39, 0.29) is 11.5 Å². The third kappa shape index (κ3) is 4.44. The maximum Gasteiger partial charge on any atom is 0.193 e. The molecule has 0 saturated heterocycles. The van der Waals surface area contributed by atoms with Crippen LogP contribution in [0.15, 0.2) is 77.7 Å². The minimum atomic E-state index is 0.0538. The first kappa shape index (κ1) is 22.2. The van der Waals surface area contributed by atoms with E-state index in [9.17, 15) is 4.79 Å². The van der Waals surface area contributed by atoms with E-state index in [4.69, 9.17) is 0 Å². The number of thioether (sulfide) groups is 1. The Kier molecular flexibility index (Phi) is 6.37. The number of Topliss-reactive ketones (excluding diaryl/α,β-unsaturated/α-hetero) is 1. The first-order valence-corrected chi connectivity index (χ1v) is 12.6. The highest BCUT2D eigenvalue weighted by atomic mass is 32.2. The molecule has 7 nitrogen and oxygen atoms in total. The molecule has 0 aliphatic rings. The van der Waals surface area contributed by atoms with E-state index in [1.807, 2.05) is 64.8 Å². The largest absolute Gasteiger partial charge is 0.297 e. The van der Waals surface area contributed by atoms with Gasteiger partial charge in [0.2, 0.25) is 0 Å². The van der Waals surface area contributed by atoms with Gasteiger partial charge in [0.1, 0.15) is 0 Å². The summed E-state index contributed by atoms with van der Waals surface area (Å²) >= 11 is 2.95. The van der Waals surface area contributed by atoms with Crippen LogP contribution in [0.25, 0.3) is 16.5 Å². The highest BCUT2D eigenvalue weighted by Gasteiger charge is 2.20. The maximum atomic E-state index is 13.2. The Bertz CT molecular complexity index is 1410. The standard InChI is InChI=1S/C25H22N6OS2/c1-17-13-21(18(2)31(17)24-27-11-12-33-24)22(32)16-34-25-29-28-23(20-9-6-10-26-14-20)30(25)15-19-7-4-3-5-8-19/h3-14H,15-16H2,1-2H3. The SMILES string of the molecule is Cc1cc(C(=O)CSc2nnc(-c3cccnc3)n2Cc2ccccc2)c(C)n1-c1nccs1. The summed E-state index contributed by atoms with van der Waals surface area (Å²) in [4.78, 5) is 21.8. The van der Waals surface area contributed by atoms with Crippen molar-refractivity contribution in [2.45, 2.75) is 25.5 Å². The number of hydrogen-bond donors (Lipinski definition) is 0. The molecule has 4 aromatic heterocycles. The van der Waals surface area contributed by atoms with Crippen molar-refractivity contribution in [2.75, 3.05) is 5.75 Å². The summed E-state index contributed by atoms with van der Waals surface area (Å²) in [6.45, 7) is 4.56. The Morgan fingerprint density at radius 2 is 1.91 bits per heavy atom. The van der Waals surface area contributed by atoms with Crippen molar-refractivity contribution in [3.8, 4) is 16.5 Å². The second kappa shape index (κ2) is 9.74. The predicted molar refractivity (Wildman–Crippen MR) is 135 cm³/mol. The fourth-order valence-corrected chi connectivity index (χ4v) is 5.46.